The van der Waals surface area contributed by atoms with E-state index < -0.39 is 59.5 Å². The SMILES string of the molecule is N[C@@H]1CCCCC1N1C(=O)c2ccc3c4c(ccc(c24)C1=O)C(=O)N([C@@H]1CCCCC1N1C(=O)c2ccc4c5c(ccc(c25)C1=O)C(=O)C([C@@H]1CCCC[C@H]1N)C4=O)C3=O. The van der Waals surface area contributed by atoms with E-state index in [0.717, 1.165) is 41.9 Å². The fourth-order valence-corrected chi connectivity index (χ4v) is 12.0. The lowest BCUT2D eigenvalue weighted by atomic mass is 9.67. The van der Waals surface area contributed by atoms with E-state index in [-0.39, 0.29) is 79.1 Å². The zero-order valence-corrected chi connectivity index (χ0v) is 32.9. The number of nitrogens with zero attached hydrogens (tertiary/aromatic N) is 3. The van der Waals surface area contributed by atoms with Crippen LogP contribution in [0.15, 0.2) is 48.5 Å². The number of imide groups is 3. The van der Waals surface area contributed by atoms with Crippen molar-refractivity contribution < 1.29 is 38.4 Å². The van der Waals surface area contributed by atoms with Gasteiger partial charge in [-0.1, -0.05) is 38.5 Å². The molecule has 3 heterocycles. The first-order valence-electron chi connectivity index (χ1n) is 21.4. The van der Waals surface area contributed by atoms with E-state index in [2.05, 4.69) is 0 Å². The van der Waals surface area contributed by atoms with E-state index in [1.54, 1.807) is 36.4 Å². The Morgan fingerprint density at radius 1 is 0.350 bits per heavy atom. The van der Waals surface area contributed by atoms with Gasteiger partial charge in [0.1, 0.15) is 0 Å². The van der Waals surface area contributed by atoms with E-state index >= 15 is 0 Å². The minimum Gasteiger partial charge on any atom is -0.327 e. The third kappa shape index (κ3) is 4.87. The average Bonchev–Trinajstić information content (AvgIpc) is 3.25. The fraction of sp³-hybridized carbons (Fsp3) is 0.404. The van der Waals surface area contributed by atoms with Crippen molar-refractivity contribution in [3.8, 4) is 0 Å². The molecule has 6 atom stereocenters. The Morgan fingerprint density at radius 2 is 0.633 bits per heavy atom. The Bertz CT molecular complexity index is 2410. The molecule has 6 amide bonds. The minimum absolute atomic E-state index is 0.153. The number of carbonyl (C=O) groups excluding carboxylic acids is 8. The first kappa shape index (κ1) is 37.1. The first-order chi connectivity index (χ1) is 29.0. The van der Waals surface area contributed by atoms with Crippen LogP contribution in [0.5, 0.6) is 0 Å². The number of carbonyl (C=O) groups is 8. The van der Waals surface area contributed by atoms with E-state index in [0.29, 0.717) is 61.5 Å². The van der Waals surface area contributed by atoms with Gasteiger partial charge in [0.05, 0.1) is 24.0 Å². The summed E-state index contributed by atoms with van der Waals surface area (Å²) in [5.41, 5.74) is 14.6. The molecule has 4 aromatic carbocycles. The van der Waals surface area contributed by atoms with E-state index in [1.807, 2.05) is 0 Å². The molecule has 3 aliphatic heterocycles. The number of hydrogen-bond acceptors (Lipinski definition) is 10. The van der Waals surface area contributed by atoms with Crippen molar-refractivity contribution in [1.29, 1.82) is 0 Å². The lowest BCUT2D eigenvalue weighted by molar-refractivity contribution is 0.0241. The van der Waals surface area contributed by atoms with Gasteiger partial charge in [0.25, 0.3) is 35.4 Å². The van der Waals surface area contributed by atoms with Gasteiger partial charge in [-0.25, -0.2) is 0 Å². The Morgan fingerprint density at radius 3 is 1.00 bits per heavy atom. The van der Waals surface area contributed by atoms with Crippen LogP contribution in [0, 0.1) is 11.8 Å². The second-order valence-corrected chi connectivity index (χ2v) is 17.8. The molecule has 60 heavy (non-hydrogen) atoms. The predicted octanol–water partition coefficient (Wildman–Crippen LogP) is 5.58. The van der Waals surface area contributed by atoms with Crippen molar-refractivity contribution in [3.63, 3.8) is 0 Å². The summed E-state index contributed by atoms with van der Waals surface area (Å²) in [5, 5.41) is 1.09. The third-order valence-corrected chi connectivity index (χ3v) is 14.9. The maximum Gasteiger partial charge on any atom is 0.261 e. The summed E-state index contributed by atoms with van der Waals surface area (Å²) in [6.07, 6.45) is 8.21. The number of rotatable bonds is 4. The topological polar surface area (TPSA) is 198 Å². The van der Waals surface area contributed by atoms with Crippen molar-refractivity contribution in [2.45, 2.75) is 107 Å². The normalized spacial score (nSPS) is 28.1. The summed E-state index contributed by atoms with van der Waals surface area (Å²) < 4.78 is 0. The number of nitrogens with two attached hydrogens (primary N) is 2. The maximum atomic E-state index is 14.7. The zero-order chi connectivity index (χ0) is 41.5. The summed E-state index contributed by atoms with van der Waals surface area (Å²) in [6, 6.07) is 9.54. The van der Waals surface area contributed by atoms with Crippen LogP contribution in [0.2, 0.25) is 0 Å². The number of ketones is 2. The van der Waals surface area contributed by atoms with Crippen LogP contribution in [0.1, 0.15) is 160 Å². The molecule has 0 aromatic heterocycles. The molecule has 0 bridgehead atoms. The second kappa shape index (κ2) is 13.3. The van der Waals surface area contributed by atoms with Crippen LogP contribution in [0.4, 0.5) is 0 Å². The smallest absolute Gasteiger partial charge is 0.261 e. The zero-order valence-electron chi connectivity index (χ0n) is 32.9. The highest BCUT2D eigenvalue weighted by Crippen LogP contribution is 2.46. The molecule has 4 aliphatic carbocycles. The second-order valence-electron chi connectivity index (χ2n) is 17.8. The maximum absolute atomic E-state index is 14.7. The highest BCUT2D eigenvalue weighted by Gasteiger charge is 2.51. The standard InChI is InChI=1S/C47H43N5O8/c48-30-8-2-1-7-21(30)39-40(53)22-13-15-24-36-25(16-14-23(35(22)36)41(39)54)45(58)51(44(24)57)33-11-5-6-12-34(33)52-46(59)28-19-17-26-37-27(18-20-29(38(28)37)47(52)60)43(56)50(42(26)55)32-10-4-3-9-31(32)49/h13-21,30-34,39H,1-12,48-49H2/t21-,30-,31-,32?,33?,34-/m1/s1. The molecule has 13 heteroatoms. The van der Waals surface area contributed by atoms with Crippen LogP contribution in [-0.4, -0.2) is 91.9 Å². The molecule has 304 valence electrons. The van der Waals surface area contributed by atoms with Crippen molar-refractivity contribution in [1.82, 2.24) is 14.7 Å². The van der Waals surface area contributed by atoms with Gasteiger partial charge in [-0.2, -0.15) is 0 Å². The van der Waals surface area contributed by atoms with E-state index in [4.69, 9.17) is 11.5 Å². The molecule has 0 spiro atoms. The molecule has 13 nitrogen and oxygen atoms in total. The van der Waals surface area contributed by atoms with Crippen molar-refractivity contribution in [3.05, 3.63) is 93.0 Å². The number of benzene rings is 4. The average molecular weight is 806 g/mol. The van der Waals surface area contributed by atoms with Crippen LogP contribution < -0.4 is 11.5 Å². The summed E-state index contributed by atoms with van der Waals surface area (Å²) in [6.45, 7) is 0. The molecule has 7 aliphatic rings. The molecule has 4 aromatic rings. The monoisotopic (exact) mass is 805 g/mol. The molecular weight excluding hydrogens is 763 g/mol. The molecule has 0 radical (unpaired) electrons. The van der Waals surface area contributed by atoms with Gasteiger partial charge >= 0.3 is 0 Å². The Kier molecular flexibility index (Phi) is 8.22. The molecule has 3 fully saturated rings. The van der Waals surface area contributed by atoms with Crippen molar-refractivity contribution >= 4 is 68.6 Å². The lowest BCUT2D eigenvalue weighted by Crippen LogP contribution is -2.61. The molecule has 11 rings (SSSR count). The van der Waals surface area contributed by atoms with Gasteiger partial charge in [0.2, 0.25) is 0 Å². The van der Waals surface area contributed by atoms with Crippen LogP contribution >= 0.6 is 0 Å². The van der Waals surface area contributed by atoms with Crippen LogP contribution in [0.3, 0.4) is 0 Å². The largest absolute Gasteiger partial charge is 0.327 e. The van der Waals surface area contributed by atoms with Gasteiger partial charge in [-0.15, -0.1) is 0 Å². The highest BCUT2D eigenvalue weighted by atomic mass is 16.2. The van der Waals surface area contributed by atoms with Crippen LogP contribution in [-0.2, 0) is 0 Å². The van der Waals surface area contributed by atoms with Gasteiger partial charge in [-0.3, -0.25) is 53.1 Å². The van der Waals surface area contributed by atoms with E-state index in [9.17, 15) is 38.4 Å². The summed E-state index contributed by atoms with van der Waals surface area (Å²) in [5.74, 6) is -5.42. The van der Waals surface area contributed by atoms with Crippen molar-refractivity contribution in [2.24, 2.45) is 23.3 Å². The molecular formula is C47H43N5O8. The molecule has 4 N–H and O–H groups in total. The summed E-state index contributed by atoms with van der Waals surface area (Å²) in [4.78, 5) is 119. The number of amides is 6. The van der Waals surface area contributed by atoms with Gasteiger partial charge in [0, 0.05) is 78.1 Å². The number of Topliss-reactive ketones (excluding diaryl/α,β-unsaturated/α-hetero) is 2. The van der Waals surface area contributed by atoms with Gasteiger partial charge in [0.15, 0.2) is 11.6 Å². The lowest BCUT2D eigenvalue weighted by Gasteiger charge is -2.45. The summed E-state index contributed by atoms with van der Waals surface area (Å²) in [7, 11) is 0. The Hall–Kier alpha value is -5.92. The quantitative estimate of drug-likeness (QED) is 0.194. The third-order valence-electron chi connectivity index (χ3n) is 14.9. The van der Waals surface area contributed by atoms with Crippen molar-refractivity contribution in [2.75, 3.05) is 0 Å². The molecule has 2 unspecified atom stereocenters. The Balaban J connectivity index is 0.949. The highest BCUT2D eigenvalue weighted by molar-refractivity contribution is 6.36. The van der Waals surface area contributed by atoms with Gasteiger partial charge < -0.3 is 11.5 Å². The molecule has 0 saturated heterocycles. The summed E-state index contributed by atoms with van der Waals surface area (Å²) >= 11 is 0. The fourth-order valence-electron chi connectivity index (χ4n) is 12.0. The predicted molar refractivity (Wildman–Crippen MR) is 218 cm³/mol. The minimum atomic E-state index is -0.922. The number of hydrogen-bond donors (Lipinski definition) is 2. The molecule has 3 saturated carbocycles. The van der Waals surface area contributed by atoms with E-state index in [1.165, 1.54) is 17.0 Å². The first-order valence-corrected chi connectivity index (χ1v) is 21.4. The van der Waals surface area contributed by atoms with Crippen LogP contribution in [0.25, 0.3) is 21.5 Å². The van der Waals surface area contributed by atoms with Gasteiger partial charge in [-0.05, 0) is 93.0 Å². The Labute approximate surface area is 344 Å².